The SMILES string of the molecule is C1CSC1.C=C. The zero-order chi connectivity index (χ0) is 4.83. The molecule has 1 aliphatic heterocycles. The van der Waals surface area contributed by atoms with Crippen molar-refractivity contribution >= 4 is 11.8 Å². The first-order valence-electron chi connectivity index (χ1n) is 2.08. The van der Waals surface area contributed by atoms with Crippen molar-refractivity contribution < 1.29 is 0 Å². The van der Waals surface area contributed by atoms with Crippen LogP contribution in [0.25, 0.3) is 0 Å². The van der Waals surface area contributed by atoms with Gasteiger partial charge in [0.1, 0.15) is 0 Å². The van der Waals surface area contributed by atoms with E-state index >= 15 is 0 Å². The average Bonchev–Trinajstić information content (AvgIpc) is 1.36. The molecule has 0 atom stereocenters. The molecule has 1 heteroatoms. The Labute approximate surface area is 43.6 Å². The van der Waals surface area contributed by atoms with Crippen molar-refractivity contribution in [3.63, 3.8) is 0 Å². The highest BCUT2D eigenvalue weighted by Crippen LogP contribution is 2.14. The van der Waals surface area contributed by atoms with Crippen molar-refractivity contribution in [1.82, 2.24) is 0 Å². The first-order chi connectivity index (χ1) is 3.00. The maximum Gasteiger partial charge on any atom is -0.00597 e. The molecular formula is C5H10S. The van der Waals surface area contributed by atoms with Gasteiger partial charge in [-0.2, -0.15) is 11.8 Å². The van der Waals surface area contributed by atoms with Gasteiger partial charge < -0.3 is 0 Å². The number of rotatable bonds is 0. The molecule has 0 aromatic heterocycles. The summed E-state index contributed by atoms with van der Waals surface area (Å²) in [6.07, 6.45) is 1.46. The smallest absolute Gasteiger partial charge is 0.00597 e. The summed E-state index contributed by atoms with van der Waals surface area (Å²) in [5.41, 5.74) is 0. The van der Waals surface area contributed by atoms with E-state index in [4.69, 9.17) is 0 Å². The number of hydrogen-bond acceptors (Lipinski definition) is 1. The summed E-state index contributed by atoms with van der Waals surface area (Å²) < 4.78 is 0. The lowest BCUT2D eigenvalue weighted by Gasteiger charge is -2.05. The second kappa shape index (κ2) is 5.09. The molecule has 1 heterocycles. The molecule has 0 aromatic rings. The molecule has 0 N–H and O–H groups in total. The molecule has 1 rings (SSSR count). The van der Waals surface area contributed by atoms with Gasteiger partial charge in [0.25, 0.3) is 0 Å². The van der Waals surface area contributed by atoms with E-state index in [0.717, 1.165) is 0 Å². The van der Waals surface area contributed by atoms with Crippen LogP contribution in [0.1, 0.15) is 6.42 Å². The monoisotopic (exact) mass is 102 g/mol. The fraction of sp³-hybridized carbons (Fsp3) is 0.600. The lowest BCUT2D eigenvalue weighted by Crippen LogP contribution is -1.94. The van der Waals surface area contributed by atoms with Crippen molar-refractivity contribution in [2.45, 2.75) is 6.42 Å². The molecule has 0 unspecified atom stereocenters. The van der Waals surface area contributed by atoms with E-state index in [0.29, 0.717) is 0 Å². The Morgan fingerprint density at radius 3 is 1.33 bits per heavy atom. The Morgan fingerprint density at radius 1 is 1.17 bits per heavy atom. The predicted octanol–water partition coefficient (Wildman–Crippen LogP) is 1.93. The number of thioether (sulfide) groups is 1. The highest BCUT2D eigenvalue weighted by molar-refractivity contribution is 8.00. The topological polar surface area (TPSA) is 0 Å². The number of hydrogen-bond donors (Lipinski definition) is 0. The minimum Gasteiger partial charge on any atom is -0.162 e. The summed E-state index contributed by atoms with van der Waals surface area (Å²) in [7, 11) is 0. The summed E-state index contributed by atoms with van der Waals surface area (Å²) >= 11 is 2.04. The summed E-state index contributed by atoms with van der Waals surface area (Å²) in [4.78, 5) is 0. The molecule has 0 spiro atoms. The Morgan fingerprint density at radius 2 is 1.33 bits per heavy atom. The Kier molecular flexibility index (Phi) is 5.17. The zero-order valence-electron chi connectivity index (χ0n) is 3.94. The summed E-state index contributed by atoms with van der Waals surface area (Å²) in [6, 6.07) is 0. The van der Waals surface area contributed by atoms with Crippen LogP contribution in [-0.4, -0.2) is 11.5 Å². The second-order valence-electron chi connectivity index (χ2n) is 0.966. The van der Waals surface area contributed by atoms with Crippen LogP contribution in [-0.2, 0) is 0 Å². The van der Waals surface area contributed by atoms with E-state index < -0.39 is 0 Å². The van der Waals surface area contributed by atoms with Crippen molar-refractivity contribution in [3.05, 3.63) is 13.2 Å². The van der Waals surface area contributed by atoms with Crippen LogP contribution < -0.4 is 0 Å². The molecule has 6 heavy (non-hydrogen) atoms. The van der Waals surface area contributed by atoms with Gasteiger partial charge in [0.2, 0.25) is 0 Å². The fourth-order valence-electron chi connectivity index (χ4n) is 0.144. The average molecular weight is 102 g/mol. The summed E-state index contributed by atoms with van der Waals surface area (Å²) in [5, 5.41) is 0. The lowest BCUT2D eigenvalue weighted by atomic mass is 10.6. The van der Waals surface area contributed by atoms with Crippen molar-refractivity contribution in [3.8, 4) is 0 Å². The minimum absolute atomic E-state index is 1.42. The van der Waals surface area contributed by atoms with Crippen LogP contribution in [0.3, 0.4) is 0 Å². The Hall–Kier alpha value is 0.0900. The van der Waals surface area contributed by atoms with E-state index in [2.05, 4.69) is 13.2 Å². The molecule has 0 radical (unpaired) electrons. The van der Waals surface area contributed by atoms with Gasteiger partial charge in [-0.15, -0.1) is 13.2 Å². The van der Waals surface area contributed by atoms with Gasteiger partial charge in [0.15, 0.2) is 0 Å². The molecule has 0 aliphatic carbocycles. The lowest BCUT2D eigenvalue weighted by molar-refractivity contribution is 1.06. The minimum atomic E-state index is 1.42. The van der Waals surface area contributed by atoms with Crippen molar-refractivity contribution in [2.24, 2.45) is 0 Å². The molecule has 1 fully saturated rings. The van der Waals surface area contributed by atoms with Crippen LogP contribution in [0, 0.1) is 0 Å². The van der Waals surface area contributed by atoms with E-state index in [1.165, 1.54) is 17.9 Å². The van der Waals surface area contributed by atoms with Crippen LogP contribution in [0.5, 0.6) is 0 Å². The Balaban J connectivity index is 0.000000112. The third kappa shape index (κ3) is 2.33. The van der Waals surface area contributed by atoms with Gasteiger partial charge in [-0.25, -0.2) is 0 Å². The van der Waals surface area contributed by atoms with Crippen LogP contribution in [0.15, 0.2) is 13.2 Å². The molecule has 0 saturated carbocycles. The molecule has 0 amide bonds. The third-order valence-corrected chi connectivity index (χ3v) is 1.73. The standard InChI is InChI=1S/C3H6S.C2H4/c1-2-4-3-1;1-2/h1-3H2;1-2H2. The molecule has 0 aromatic carbocycles. The summed E-state index contributed by atoms with van der Waals surface area (Å²) in [5.74, 6) is 2.83. The van der Waals surface area contributed by atoms with E-state index in [-0.39, 0.29) is 0 Å². The zero-order valence-corrected chi connectivity index (χ0v) is 4.76. The fourth-order valence-corrected chi connectivity index (χ4v) is 0.433. The van der Waals surface area contributed by atoms with Gasteiger partial charge in [0.05, 0.1) is 0 Å². The molecular weight excluding hydrogens is 92.1 g/mol. The van der Waals surface area contributed by atoms with E-state index in [1.54, 1.807) is 0 Å². The van der Waals surface area contributed by atoms with Crippen molar-refractivity contribution in [2.75, 3.05) is 11.5 Å². The van der Waals surface area contributed by atoms with E-state index in [9.17, 15) is 0 Å². The quantitative estimate of drug-likeness (QED) is 0.421. The highest BCUT2D eigenvalue weighted by atomic mass is 32.2. The molecule has 1 aliphatic rings. The normalized spacial score (nSPS) is 16.7. The predicted molar refractivity (Wildman–Crippen MR) is 33.2 cm³/mol. The maximum absolute atomic E-state index is 3.00. The first kappa shape index (κ1) is 6.09. The van der Waals surface area contributed by atoms with Gasteiger partial charge in [-0.1, -0.05) is 0 Å². The van der Waals surface area contributed by atoms with Crippen LogP contribution in [0.2, 0.25) is 0 Å². The van der Waals surface area contributed by atoms with Gasteiger partial charge >= 0.3 is 0 Å². The van der Waals surface area contributed by atoms with E-state index in [1.807, 2.05) is 11.8 Å². The maximum atomic E-state index is 3.00. The first-order valence-corrected chi connectivity index (χ1v) is 3.23. The van der Waals surface area contributed by atoms with Gasteiger partial charge in [-0.3, -0.25) is 0 Å². The van der Waals surface area contributed by atoms with Gasteiger partial charge in [-0.05, 0) is 17.9 Å². The second-order valence-corrected chi connectivity index (χ2v) is 2.19. The molecule has 0 bridgehead atoms. The van der Waals surface area contributed by atoms with Crippen molar-refractivity contribution in [1.29, 1.82) is 0 Å². The largest absolute Gasteiger partial charge is 0.162 e. The molecule has 0 nitrogen and oxygen atoms in total. The third-order valence-electron chi connectivity index (χ3n) is 0.577. The Bertz CT molecular complexity index is 19.1. The molecule has 36 valence electrons. The highest BCUT2D eigenvalue weighted by Gasteiger charge is 1.95. The van der Waals surface area contributed by atoms with Crippen LogP contribution >= 0.6 is 11.8 Å². The van der Waals surface area contributed by atoms with Crippen LogP contribution in [0.4, 0.5) is 0 Å². The van der Waals surface area contributed by atoms with Gasteiger partial charge in [0, 0.05) is 0 Å². The molecule has 1 saturated heterocycles. The summed E-state index contributed by atoms with van der Waals surface area (Å²) in [6.45, 7) is 6.00.